The Morgan fingerprint density at radius 2 is 2.25 bits per heavy atom. The van der Waals surface area contributed by atoms with Crippen LogP contribution in [0.5, 0.6) is 0 Å². The minimum Gasteiger partial charge on any atom is -0.385 e. The lowest BCUT2D eigenvalue weighted by Crippen LogP contribution is -2.31. The monoisotopic (exact) mass is 276 g/mol. The third kappa shape index (κ3) is 3.31. The lowest BCUT2D eigenvalue weighted by atomic mass is 10.1. The Bertz CT molecular complexity index is 472. The molecule has 0 bridgehead atoms. The predicted octanol–water partition coefficient (Wildman–Crippen LogP) is 2.68. The van der Waals surface area contributed by atoms with Gasteiger partial charge in [0.2, 0.25) is 0 Å². The smallest absolute Gasteiger partial charge is 0.252 e. The van der Waals surface area contributed by atoms with Crippen LogP contribution < -0.4 is 10.2 Å². The average Bonchev–Trinajstić information content (AvgIpc) is 2.83. The highest BCUT2D eigenvalue weighted by molar-refractivity contribution is 5.97. The van der Waals surface area contributed by atoms with Gasteiger partial charge in [-0.2, -0.15) is 0 Å². The zero-order valence-corrected chi connectivity index (χ0v) is 12.6. The second-order valence-electron chi connectivity index (χ2n) is 5.64. The average molecular weight is 276 g/mol. The molecule has 4 heteroatoms. The molecule has 0 saturated carbocycles. The fourth-order valence-electron chi connectivity index (χ4n) is 2.56. The summed E-state index contributed by atoms with van der Waals surface area (Å²) < 4.78 is 4.95. The highest BCUT2D eigenvalue weighted by Gasteiger charge is 2.26. The van der Waals surface area contributed by atoms with E-state index in [1.165, 1.54) is 5.56 Å². The summed E-state index contributed by atoms with van der Waals surface area (Å²) in [5.74, 6) is 0.727. The van der Waals surface area contributed by atoms with E-state index in [1.54, 1.807) is 7.11 Å². The molecule has 0 radical (unpaired) electrons. The van der Waals surface area contributed by atoms with E-state index in [2.05, 4.69) is 25.2 Å². The Morgan fingerprint density at radius 1 is 1.45 bits per heavy atom. The summed E-state index contributed by atoms with van der Waals surface area (Å²) in [5, 5.41) is 3.50. The molecule has 0 saturated heterocycles. The second kappa shape index (κ2) is 6.75. The topological polar surface area (TPSA) is 41.6 Å². The van der Waals surface area contributed by atoms with Gasteiger partial charge in [-0.05, 0) is 30.9 Å². The molecule has 1 N–H and O–H groups in total. The summed E-state index contributed by atoms with van der Waals surface area (Å²) in [6.07, 6.45) is 2.06. The van der Waals surface area contributed by atoms with Crippen molar-refractivity contribution in [2.75, 3.05) is 37.0 Å². The van der Waals surface area contributed by atoms with E-state index < -0.39 is 0 Å². The molecule has 0 aromatic heterocycles. The minimum atomic E-state index is 0.0329. The number of nitrogens with one attached hydrogen (secondary N) is 1. The van der Waals surface area contributed by atoms with Gasteiger partial charge < -0.3 is 15.0 Å². The number of benzene rings is 1. The van der Waals surface area contributed by atoms with E-state index in [-0.39, 0.29) is 12.5 Å². The van der Waals surface area contributed by atoms with Crippen molar-refractivity contribution in [1.29, 1.82) is 0 Å². The molecule has 4 nitrogen and oxygen atoms in total. The molecule has 20 heavy (non-hydrogen) atoms. The van der Waals surface area contributed by atoms with E-state index in [0.29, 0.717) is 5.92 Å². The number of ether oxygens (including phenoxy) is 1. The number of hydrogen-bond acceptors (Lipinski definition) is 3. The van der Waals surface area contributed by atoms with Gasteiger partial charge in [-0.3, -0.25) is 4.79 Å². The molecule has 1 aromatic carbocycles. The molecule has 1 aliphatic heterocycles. The molecule has 0 spiro atoms. The number of anilines is 2. The number of fused-ring (bicyclic) bond motifs is 1. The molecule has 0 unspecified atom stereocenters. The van der Waals surface area contributed by atoms with Crippen LogP contribution in [0.15, 0.2) is 18.2 Å². The van der Waals surface area contributed by atoms with Gasteiger partial charge >= 0.3 is 0 Å². The Labute approximate surface area is 121 Å². The number of carbonyl (C=O) groups is 1. The summed E-state index contributed by atoms with van der Waals surface area (Å²) in [4.78, 5) is 13.8. The Kier molecular flexibility index (Phi) is 5.01. The number of amides is 1. The number of carbonyl (C=O) groups excluding carboxylic acids is 1. The van der Waals surface area contributed by atoms with Gasteiger partial charge in [0.05, 0.1) is 0 Å². The van der Waals surface area contributed by atoms with Gasteiger partial charge in [-0.25, -0.2) is 0 Å². The maximum Gasteiger partial charge on any atom is 0.252 e. The first-order valence-electron chi connectivity index (χ1n) is 7.28. The maximum atomic E-state index is 12.0. The van der Waals surface area contributed by atoms with Crippen LogP contribution in [0.4, 0.5) is 11.4 Å². The summed E-state index contributed by atoms with van der Waals surface area (Å²) in [7, 11) is 1.55. The van der Waals surface area contributed by atoms with Crippen LogP contribution in [0.3, 0.4) is 0 Å². The van der Waals surface area contributed by atoms with Crippen molar-refractivity contribution in [3.8, 4) is 0 Å². The summed E-state index contributed by atoms with van der Waals surface area (Å²) in [6.45, 7) is 6.31. The Morgan fingerprint density at radius 3 is 2.95 bits per heavy atom. The SMILES string of the molecule is COCC(=O)N1CCc2c(NCCC(C)C)cccc21. The van der Waals surface area contributed by atoms with Gasteiger partial charge in [0.25, 0.3) is 5.91 Å². The van der Waals surface area contributed by atoms with Gasteiger partial charge in [0, 0.05) is 37.1 Å². The number of nitrogens with zero attached hydrogens (tertiary/aromatic N) is 1. The summed E-state index contributed by atoms with van der Waals surface area (Å²) in [6, 6.07) is 6.13. The number of rotatable bonds is 6. The molecule has 110 valence electrons. The first-order valence-corrected chi connectivity index (χ1v) is 7.28. The molecule has 0 aliphatic carbocycles. The van der Waals surface area contributed by atoms with Crippen molar-refractivity contribution < 1.29 is 9.53 Å². The number of methoxy groups -OCH3 is 1. The van der Waals surface area contributed by atoms with E-state index in [1.807, 2.05) is 17.0 Å². The van der Waals surface area contributed by atoms with Crippen LogP contribution in [0.25, 0.3) is 0 Å². The number of hydrogen-bond donors (Lipinski definition) is 1. The largest absolute Gasteiger partial charge is 0.385 e. The molecular weight excluding hydrogens is 252 g/mol. The van der Waals surface area contributed by atoms with Crippen LogP contribution in [0.1, 0.15) is 25.8 Å². The van der Waals surface area contributed by atoms with E-state index >= 15 is 0 Å². The Balaban J connectivity index is 2.09. The van der Waals surface area contributed by atoms with Gasteiger partial charge in [0.15, 0.2) is 0 Å². The first-order chi connectivity index (χ1) is 9.63. The fourth-order valence-corrected chi connectivity index (χ4v) is 2.56. The lowest BCUT2D eigenvalue weighted by molar-refractivity contribution is -0.122. The van der Waals surface area contributed by atoms with Crippen molar-refractivity contribution in [1.82, 2.24) is 0 Å². The van der Waals surface area contributed by atoms with Crippen LogP contribution in [-0.4, -0.2) is 32.7 Å². The molecule has 2 rings (SSSR count). The van der Waals surface area contributed by atoms with Gasteiger partial charge in [-0.15, -0.1) is 0 Å². The van der Waals surface area contributed by atoms with Crippen molar-refractivity contribution in [3.63, 3.8) is 0 Å². The third-order valence-corrected chi connectivity index (χ3v) is 3.63. The zero-order chi connectivity index (χ0) is 14.5. The van der Waals surface area contributed by atoms with Gasteiger partial charge in [0.1, 0.15) is 6.61 Å². The van der Waals surface area contributed by atoms with Crippen molar-refractivity contribution in [2.45, 2.75) is 26.7 Å². The van der Waals surface area contributed by atoms with Gasteiger partial charge in [-0.1, -0.05) is 19.9 Å². The maximum absolute atomic E-state index is 12.0. The zero-order valence-electron chi connectivity index (χ0n) is 12.6. The molecular formula is C16H24N2O2. The van der Waals surface area contributed by atoms with Crippen molar-refractivity contribution in [2.24, 2.45) is 5.92 Å². The first kappa shape index (κ1) is 14.9. The highest BCUT2D eigenvalue weighted by atomic mass is 16.5. The van der Waals surface area contributed by atoms with E-state index in [0.717, 1.165) is 37.3 Å². The van der Waals surface area contributed by atoms with Crippen molar-refractivity contribution >= 4 is 17.3 Å². The normalized spacial score (nSPS) is 13.7. The van der Waals surface area contributed by atoms with Crippen LogP contribution in [0.2, 0.25) is 0 Å². The minimum absolute atomic E-state index is 0.0329. The molecule has 0 atom stereocenters. The van der Waals surface area contributed by atoms with Crippen LogP contribution in [-0.2, 0) is 16.0 Å². The van der Waals surface area contributed by atoms with E-state index in [4.69, 9.17) is 4.74 Å². The standard InChI is InChI=1S/C16H24N2O2/c1-12(2)7-9-17-14-5-4-6-15-13(14)8-10-18(15)16(19)11-20-3/h4-6,12,17H,7-11H2,1-3H3. The second-order valence-corrected chi connectivity index (χ2v) is 5.64. The lowest BCUT2D eigenvalue weighted by Gasteiger charge is -2.18. The summed E-state index contributed by atoms with van der Waals surface area (Å²) >= 11 is 0. The molecule has 1 aromatic rings. The quantitative estimate of drug-likeness (QED) is 0.868. The predicted molar refractivity (Wildman–Crippen MR) is 82.3 cm³/mol. The van der Waals surface area contributed by atoms with Crippen LogP contribution in [0, 0.1) is 5.92 Å². The summed E-state index contributed by atoms with van der Waals surface area (Å²) in [5.41, 5.74) is 3.44. The Hall–Kier alpha value is -1.55. The molecule has 1 amide bonds. The third-order valence-electron chi connectivity index (χ3n) is 3.63. The van der Waals surface area contributed by atoms with Crippen molar-refractivity contribution in [3.05, 3.63) is 23.8 Å². The highest BCUT2D eigenvalue weighted by Crippen LogP contribution is 2.33. The van der Waals surface area contributed by atoms with Crippen LogP contribution >= 0.6 is 0 Å². The fraction of sp³-hybridized carbons (Fsp3) is 0.562. The molecule has 0 fully saturated rings. The van der Waals surface area contributed by atoms with E-state index in [9.17, 15) is 4.79 Å². The molecule has 1 aliphatic rings. The molecule has 1 heterocycles.